The number of rotatable bonds is 5. The molecule has 0 amide bonds. The van der Waals surface area contributed by atoms with Crippen LogP contribution in [0.2, 0.25) is 0 Å². The first-order valence-corrected chi connectivity index (χ1v) is 6.46. The van der Waals surface area contributed by atoms with E-state index in [2.05, 4.69) is 10.3 Å². The second-order valence-electron chi connectivity index (χ2n) is 4.47. The molecule has 112 valence electrons. The number of carbonyl (C=O) groups excluding carboxylic acids is 1. The topological polar surface area (TPSA) is 57.0 Å². The minimum absolute atomic E-state index is 0.0410. The summed E-state index contributed by atoms with van der Waals surface area (Å²) in [5.74, 6) is -3.77. The van der Waals surface area contributed by atoms with E-state index >= 15 is 0 Å². The van der Waals surface area contributed by atoms with Gasteiger partial charge in [0.15, 0.2) is 5.69 Å². The van der Waals surface area contributed by atoms with Crippen LogP contribution in [0, 0.1) is 6.92 Å². The third-order valence-electron chi connectivity index (χ3n) is 3.00. The Hall–Kier alpha value is -2.31. The predicted molar refractivity (Wildman–Crippen MR) is 71.1 cm³/mol. The van der Waals surface area contributed by atoms with Crippen molar-refractivity contribution >= 4 is 5.97 Å². The fourth-order valence-corrected chi connectivity index (χ4v) is 1.86. The van der Waals surface area contributed by atoms with Crippen molar-refractivity contribution in [3.63, 3.8) is 0 Å². The summed E-state index contributed by atoms with van der Waals surface area (Å²) in [6, 6.07) is 7.44. The Kier molecular flexibility index (Phi) is 4.30. The molecule has 0 aliphatic rings. The highest BCUT2D eigenvalue weighted by Gasteiger charge is 2.33. The fourth-order valence-electron chi connectivity index (χ4n) is 1.86. The van der Waals surface area contributed by atoms with Gasteiger partial charge in [0.1, 0.15) is 6.54 Å². The molecule has 5 nitrogen and oxygen atoms in total. The lowest BCUT2D eigenvalue weighted by Gasteiger charge is -2.17. The van der Waals surface area contributed by atoms with Gasteiger partial charge in [0.25, 0.3) is 5.92 Å². The maximum Gasteiger partial charge on any atom is 0.360 e. The molecule has 0 spiro atoms. The van der Waals surface area contributed by atoms with Crippen molar-refractivity contribution in [3.8, 4) is 0 Å². The number of alkyl halides is 2. The van der Waals surface area contributed by atoms with Crippen LogP contribution >= 0.6 is 0 Å². The van der Waals surface area contributed by atoms with E-state index < -0.39 is 18.4 Å². The first-order chi connectivity index (χ1) is 9.95. The monoisotopic (exact) mass is 295 g/mol. The molecule has 0 saturated heterocycles. The number of carbonyl (C=O) groups is 1. The van der Waals surface area contributed by atoms with Gasteiger partial charge < -0.3 is 4.74 Å². The van der Waals surface area contributed by atoms with Crippen LogP contribution in [-0.4, -0.2) is 27.6 Å². The summed E-state index contributed by atoms with van der Waals surface area (Å²) < 4.78 is 34.2. The standard InChI is InChI=1S/C14H15F2N3O2/c1-3-21-13(20)12-10(2)19(18-17-12)9-14(15,16)11-7-5-4-6-8-11/h4-8H,3,9H2,1-2H3. The largest absolute Gasteiger partial charge is 0.461 e. The van der Waals surface area contributed by atoms with E-state index in [0.29, 0.717) is 0 Å². The van der Waals surface area contributed by atoms with E-state index in [1.165, 1.54) is 19.1 Å². The van der Waals surface area contributed by atoms with E-state index in [-0.39, 0.29) is 23.6 Å². The summed E-state index contributed by atoms with van der Waals surface area (Å²) in [6.45, 7) is 2.66. The summed E-state index contributed by atoms with van der Waals surface area (Å²) in [6.07, 6.45) is 0. The molecule has 1 aromatic heterocycles. The molecule has 0 bridgehead atoms. The second kappa shape index (κ2) is 5.99. The molecular weight excluding hydrogens is 280 g/mol. The van der Waals surface area contributed by atoms with Crippen molar-refractivity contribution < 1.29 is 18.3 Å². The Morgan fingerprint density at radius 3 is 2.62 bits per heavy atom. The summed E-state index contributed by atoms with van der Waals surface area (Å²) in [5, 5.41) is 7.23. The zero-order valence-corrected chi connectivity index (χ0v) is 11.7. The van der Waals surface area contributed by atoms with E-state index in [1.54, 1.807) is 25.1 Å². The molecule has 21 heavy (non-hydrogen) atoms. The number of hydrogen-bond donors (Lipinski definition) is 0. The maximum atomic E-state index is 14.2. The highest BCUT2D eigenvalue weighted by atomic mass is 19.3. The highest BCUT2D eigenvalue weighted by molar-refractivity contribution is 5.88. The Morgan fingerprint density at radius 2 is 2.00 bits per heavy atom. The molecule has 0 N–H and O–H groups in total. The molecule has 1 aromatic carbocycles. The quantitative estimate of drug-likeness (QED) is 0.795. The summed E-state index contributed by atoms with van der Waals surface area (Å²) in [7, 11) is 0. The van der Waals surface area contributed by atoms with Gasteiger partial charge in [0, 0.05) is 5.56 Å². The molecular formula is C14H15F2N3O2. The first kappa shape index (κ1) is 15.1. The van der Waals surface area contributed by atoms with Crippen molar-refractivity contribution in [2.24, 2.45) is 0 Å². The van der Waals surface area contributed by atoms with Gasteiger partial charge in [0.05, 0.1) is 12.3 Å². The van der Waals surface area contributed by atoms with Crippen molar-refractivity contribution in [1.29, 1.82) is 0 Å². The van der Waals surface area contributed by atoms with Crippen LogP contribution < -0.4 is 0 Å². The smallest absolute Gasteiger partial charge is 0.360 e. The molecule has 2 rings (SSSR count). The Labute approximate surface area is 120 Å². The Bertz CT molecular complexity index is 626. The van der Waals surface area contributed by atoms with Crippen LogP contribution in [0.1, 0.15) is 28.7 Å². The molecule has 0 atom stereocenters. The van der Waals surface area contributed by atoms with E-state index in [4.69, 9.17) is 4.74 Å². The number of aromatic nitrogens is 3. The molecule has 0 aliphatic carbocycles. The van der Waals surface area contributed by atoms with Crippen LogP contribution in [0.4, 0.5) is 8.78 Å². The van der Waals surface area contributed by atoms with Gasteiger partial charge in [-0.15, -0.1) is 5.10 Å². The highest BCUT2D eigenvalue weighted by Crippen LogP contribution is 2.29. The number of ether oxygens (including phenoxy) is 1. The summed E-state index contributed by atoms with van der Waals surface area (Å²) in [5.41, 5.74) is 0.0994. The van der Waals surface area contributed by atoms with Gasteiger partial charge in [-0.2, -0.15) is 8.78 Å². The van der Waals surface area contributed by atoms with Crippen LogP contribution in [0.5, 0.6) is 0 Å². The SMILES string of the molecule is CCOC(=O)c1nnn(CC(F)(F)c2ccccc2)c1C. The average Bonchev–Trinajstić information content (AvgIpc) is 2.81. The van der Waals surface area contributed by atoms with Gasteiger partial charge in [-0.1, -0.05) is 35.5 Å². The number of halogens is 2. The minimum atomic E-state index is -3.11. The average molecular weight is 295 g/mol. The lowest BCUT2D eigenvalue weighted by atomic mass is 10.1. The van der Waals surface area contributed by atoms with Gasteiger partial charge in [-0.25, -0.2) is 9.48 Å². The predicted octanol–water partition coefficient (Wildman–Crippen LogP) is 2.56. The van der Waals surface area contributed by atoms with Crippen molar-refractivity contribution in [2.75, 3.05) is 6.61 Å². The van der Waals surface area contributed by atoms with Crippen molar-refractivity contribution in [2.45, 2.75) is 26.3 Å². The zero-order valence-electron chi connectivity index (χ0n) is 11.7. The number of nitrogens with zero attached hydrogens (tertiary/aromatic N) is 3. The van der Waals surface area contributed by atoms with E-state index in [9.17, 15) is 13.6 Å². The van der Waals surface area contributed by atoms with Gasteiger partial charge in [-0.05, 0) is 13.8 Å². The molecule has 0 saturated carbocycles. The lowest BCUT2D eigenvalue weighted by molar-refractivity contribution is -0.0264. The van der Waals surface area contributed by atoms with Gasteiger partial charge in [-0.3, -0.25) is 0 Å². The van der Waals surface area contributed by atoms with Crippen LogP contribution in [-0.2, 0) is 17.2 Å². The second-order valence-corrected chi connectivity index (χ2v) is 4.47. The third kappa shape index (κ3) is 3.24. The molecule has 0 unspecified atom stereocenters. The van der Waals surface area contributed by atoms with Crippen molar-refractivity contribution in [3.05, 3.63) is 47.3 Å². The normalized spacial score (nSPS) is 11.4. The molecule has 7 heteroatoms. The first-order valence-electron chi connectivity index (χ1n) is 6.46. The number of esters is 1. The van der Waals surface area contributed by atoms with Crippen LogP contribution in [0.3, 0.4) is 0 Å². The molecule has 1 heterocycles. The summed E-state index contributed by atoms with van der Waals surface area (Å²) in [4.78, 5) is 11.6. The van der Waals surface area contributed by atoms with Crippen LogP contribution in [0.15, 0.2) is 30.3 Å². The molecule has 0 fully saturated rings. The summed E-state index contributed by atoms with van der Waals surface area (Å²) >= 11 is 0. The Morgan fingerprint density at radius 1 is 1.33 bits per heavy atom. The zero-order chi connectivity index (χ0) is 15.5. The number of benzene rings is 1. The van der Waals surface area contributed by atoms with Gasteiger partial charge >= 0.3 is 5.97 Å². The maximum absolute atomic E-state index is 14.2. The fraction of sp³-hybridized carbons (Fsp3) is 0.357. The number of hydrogen-bond acceptors (Lipinski definition) is 4. The molecule has 0 radical (unpaired) electrons. The van der Waals surface area contributed by atoms with Crippen molar-refractivity contribution in [1.82, 2.24) is 15.0 Å². The van der Waals surface area contributed by atoms with E-state index in [1.807, 2.05) is 0 Å². The molecule has 2 aromatic rings. The third-order valence-corrected chi connectivity index (χ3v) is 3.00. The van der Waals surface area contributed by atoms with Gasteiger partial charge in [0.2, 0.25) is 0 Å². The van der Waals surface area contributed by atoms with E-state index in [0.717, 1.165) is 4.68 Å². The molecule has 0 aliphatic heterocycles. The Balaban J connectivity index is 2.22. The minimum Gasteiger partial charge on any atom is -0.461 e. The van der Waals surface area contributed by atoms with Crippen LogP contribution in [0.25, 0.3) is 0 Å². The lowest BCUT2D eigenvalue weighted by Crippen LogP contribution is -2.23.